The second kappa shape index (κ2) is 3.72. The number of pyridine rings is 1. The van der Waals surface area contributed by atoms with Crippen LogP contribution in [0, 0.1) is 0 Å². The van der Waals surface area contributed by atoms with Gasteiger partial charge in [-0.3, -0.25) is 9.67 Å². The van der Waals surface area contributed by atoms with Crippen LogP contribution < -0.4 is 5.73 Å². The molecule has 15 heavy (non-hydrogen) atoms. The van der Waals surface area contributed by atoms with Crippen LogP contribution in [0.25, 0.3) is 11.3 Å². The number of nitrogen functional groups attached to an aromatic ring is 1. The number of hydrogen-bond acceptors (Lipinski definition) is 3. The summed E-state index contributed by atoms with van der Waals surface area (Å²) >= 11 is 12.0. The Kier molecular flexibility index (Phi) is 2.54. The van der Waals surface area contributed by atoms with Gasteiger partial charge in [0.05, 0.1) is 27.6 Å². The number of hydrogen-bond donors (Lipinski definition) is 1. The molecule has 0 spiro atoms. The molecule has 2 rings (SSSR count). The second-order valence-corrected chi connectivity index (χ2v) is 3.86. The summed E-state index contributed by atoms with van der Waals surface area (Å²) < 4.78 is 1.63. The number of anilines is 1. The van der Waals surface area contributed by atoms with Crippen molar-refractivity contribution in [2.45, 2.75) is 0 Å². The molecule has 78 valence electrons. The molecule has 0 amide bonds. The molecule has 6 heteroatoms. The standard InChI is InChI=1S/C9H8Cl2N4/c1-15-9(7(12)4-14-15)8-5(10)2-13-3-6(8)11/h2-4H,12H2,1H3. The molecule has 4 nitrogen and oxygen atoms in total. The first-order chi connectivity index (χ1) is 7.11. The van der Waals surface area contributed by atoms with Gasteiger partial charge in [0.2, 0.25) is 0 Å². The van der Waals surface area contributed by atoms with Gasteiger partial charge >= 0.3 is 0 Å². The third-order valence-corrected chi connectivity index (χ3v) is 2.63. The third-order valence-electron chi connectivity index (χ3n) is 2.06. The third kappa shape index (κ3) is 1.66. The smallest absolute Gasteiger partial charge is 0.0939 e. The summed E-state index contributed by atoms with van der Waals surface area (Å²) in [5, 5.41) is 4.94. The van der Waals surface area contributed by atoms with Gasteiger partial charge in [0.1, 0.15) is 0 Å². The van der Waals surface area contributed by atoms with E-state index in [-0.39, 0.29) is 0 Å². The number of nitrogens with two attached hydrogens (primary N) is 1. The Morgan fingerprint density at radius 2 is 1.80 bits per heavy atom. The fraction of sp³-hybridized carbons (Fsp3) is 0.111. The molecule has 2 N–H and O–H groups in total. The topological polar surface area (TPSA) is 56.7 Å². The highest BCUT2D eigenvalue weighted by Crippen LogP contribution is 2.36. The van der Waals surface area contributed by atoms with E-state index in [1.54, 1.807) is 17.9 Å². The summed E-state index contributed by atoms with van der Waals surface area (Å²) in [6.45, 7) is 0. The highest BCUT2D eigenvalue weighted by molar-refractivity contribution is 6.39. The molecule has 0 bridgehead atoms. The van der Waals surface area contributed by atoms with Crippen LogP contribution in [-0.4, -0.2) is 14.8 Å². The quantitative estimate of drug-likeness (QED) is 0.836. The minimum atomic E-state index is 0.456. The molecular weight excluding hydrogens is 235 g/mol. The molecule has 2 aromatic rings. The number of nitrogens with zero attached hydrogens (tertiary/aromatic N) is 3. The summed E-state index contributed by atoms with van der Waals surface area (Å²) in [5.74, 6) is 0. The van der Waals surface area contributed by atoms with Crippen molar-refractivity contribution in [1.82, 2.24) is 14.8 Å². The number of halogens is 2. The molecule has 0 saturated heterocycles. The van der Waals surface area contributed by atoms with Gasteiger partial charge in [0, 0.05) is 25.0 Å². The van der Waals surface area contributed by atoms with Gasteiger partial charge in [-0.05, 0) is 0 Å². The van der Waals surface area contributed by atoms with Crippen LogP contribution in [-0.2, 0) is 7.05 Å². The van der Waals surface area contributed by atoms with Crippen LogP contribution >= 0.6 is 23.2 Å². The molecule has 0 aliphatic rings. The van der Waals surface area contributed by atoms with E-state index in [1.807, 2.05) is 0 Å². The van der Waals surface area contributed by atoms with Crippen molar-refractivity contribution in [3.05, 3.63) is 28.6 Å². The number of aromatic nitrogens is 3. The first-order valence-corrected chi connectivity index (χ1v) is 4.93. The zero-order chi connectivity index (χ0) is 11.0. The minimum Gasteiger partial charge on any atom is -0.396 e. The summed E-state index contributed by atoms with van der Waals surface area (Å²) in [4.78, 5) is 3.88. The highest BCUT2D eigenvalue weighted by Gasteiger charge is 2.15. The van der Waals surface area contributed by atoms with E-state index in [0.29, 0.717) is 27.0 Å². The molecule has 2 aromatic heterocycles. The highest BCUT2D eigenvalue weighted by atomic mass is 35.5. The Morgan fingerprint density at radius 3 is 2.27 bits per heavy atom. The molecule has 0 aliphatic heterocycles. The molecule has 0 aliphatic carbocycles. The maximum atomic E-state index is 6.02. The van der Waals surface area contributed by atoms with Gasteiger partial charge in [-0.2, -0.15) is 5.10 Å². The molecule has 2 heterocycles. The zero-order valence-corrected chi connectivity index (χ0v) is 9.42. The van der Waals surface area contributed by atoms with Crippen LogP contribution in [0.5, 0.6) is 0 Å². The van der Waals surface area contributed by atoms with Gasteiger partial charge in [0.25, 0.3) is 0 Å². The van der Waals surface area contributed by atoms with E-state index in [4.69, 9.17) is 28.9 Å². The van der Waals surface area contributed by atoms with E-state index in [1.165, 1.54) is 12.4 Å². The molecule has 0 unspecified atom stereocenters. The maximum Gasteiger partial charge on any atom is 0.0939 e. The van der Waals surface area contributed by atoms with Crippen LogP contribution in [0.3, 0.4) is 0 Å². The Labute approximate surface area is 96.6 Å². The van der Waals surface area contributed by atoms with E-state index in [0.717, 1.165) is 0 Å². The number of rotatable bonds is 1. The Morgan fingerprint density at radius 1 is 1.20 bits per heavy atom. The first-order valence-electron chi connectivity index (χ1n) is 4.18. The molecule has 0 saturated carbocycles. The summed E-state index contributed by atoms with van der Waals surface area (Å²) in [5.41, 5.74) is 7.68. The lowest BCUT2D eigenvalue weighted by molar-refractivity contribution is 0.776. The lowest BCUT2D eigenvalue weighted by Gasteiger charge is -2.07. The average molecular weight is 243 g/mol. The second-order valence-electron chi connectivity index (χ2n) is 3.05. The van der Waals surface area contributed by atoms with Crippen molar-refractivity contribution >= 4 is 28.9 Å². The van der Waals surface area contributed by atoms with Crippen molar-refractivity contribution in [3.8, 4) is 11.3 Å². The lowest BCUT2D eigenvalue weighted by atomic mass is 10.2. The predicted octanol–water partition coefficient (Wildman–Crippen LogP) is 2.37. The Balaban J connectivity index is 2.74. The summed E-state index contributed by atoms with van der Waals surface area (Å²) in [6, 6.07) is 0. The van der Waals surface area contributed by atoms with E-state index in [2.05, 4.69) is 10.1 Å². The normalized spacial score (nSPS) is 10.6. The fourth-order valence-corrected chi connectivity index (χ4v) is 1.94. The predicted molar refractivity (Wildman–Crippen MR) is 60.9 cm³/mol. The van der Waals surface area contributed by atoms with Crippen molar-refractivity contribution in [3.63, 3.8) is 0 Å². The van der Waals surface area contributed by atoms with Crippen LogP contribution in [0.4, 0.5) is 5.69 Å². The summed E-state index contributed by atoms with van der Waals surface area (Å²) in [7, 11) is 1.78. The van der Waals surface area contributed by atoms with Crippen molar-refractivity contribution in [1.29, 1.82) is 0 Å². The molecule has 0 atom stereocenters. The molecule has 0 fully saturated rings. The van der Waals surface area contributed by atoms with Crippen molar-refractivity contribution in [2.24, 2.45) is 7.05 Å². The molecule has 0 aromatic carbocycles. The first kappa shape index (κ1) is 10.3. The van der Waals surface area contributed by atoms with Gasteiger partial charge in [-0.15, -0.1) is 0 Å². The van der Waals surface area contributed by atoms with Gasteiger partial charge in [0.15, 0.2) is 0 Å². The van der Waals surface area contributed by atoms with Crippen LogP contribution in [0.2, 0.25) is 10.0 Å². The van der Waals surface area contributed by atoms with Gasteiger partial charge < -0.3 is 5.73 Å². The Hall–Kier alpha value is -1.26. The zero-order valence-electron chi connectivity index (χ0n) is 7.91. The maximum absolute atomic E-state index is 6.02. The Bertz CT molecular complexity index is 467. The van der Waals surface area contributed by atoms with E-state index < -0.39 is 0 Å². The van der Waals surface area contributed by atoms with E-state index in [9.17, 15) is 0 Å². The largest absolute Gasteiger partial charge is 0.396 e. The van der Waals surface area contributed by atoms with Gasteiger partial charge in [-0.25, -0.2) is 0 Å². The molecular formula is C9H8Cl2N4. The van der Waals surface area contributed by atoms with Gasteiger partial charge in [-0.1, -0.05) is 23.2 Å². The lowest BCUT2D eigenvalue weighted by Crippen LogP contribution is -1.97. The minimum absolute atomic E-state index is 0.456. The monoisotopic (exact) mass is 242 g/mol. The van der Waals surface area contributed by atoms with Crippen molar-refractivity contribution in [2.75, 3.05) is 5.73 Å². The van der Waals surface area contributed by atoms with Crippen LogP contribution in [0.15, 0.2) is 18.6 Å². The average Bonchev–Trinajstić information content (AvgIpc) is 2.49. The summed E-state index contributed by atoms with van der Waals surface area (Å²) in [6.07, 6.45) is 4.60. The fourth-order valence-electron chi connectivity index (χ4n) is 1.40. The van der Waals surface area contributed by atoms with Crippen molar-refractivity contribution < 1.29 is 0 Å². The SMILES string of the molecule is Cn1ncc(N)c1-c1c(Cl)cncc1Cl. The van der Waals surface area contributed by atoms with Crippen LogP contribution in [0.1, 0.15) is 0 Å². The number of aryl methyl sites for hydroxylation is 1. The van der Waals surface area contributed by atoms with E-state index >= 15 is 0 Å². The molecule has 0 radical (unpaired) electrons.